The van der Waals surface area contributed by atoms with Gasteiger partial charge in [0.05, 0.1) is 6.10 Å². The van der Waals surface area contributed by atoms with Gasteiger partial charge in [0.1, 0.15) is 0 Å². The van der Waals surface area contributed by atoms with Gasteiger partial charge in [-0.1, -0.05) is 19.9 Å². The number of hydrogen-bond acceptors (Lipinski definition) is 2. The molecule has 106 valence electrons. The standard InChI is InChI=1S/C17H27NO/c1-6-17(5)15(11-16(17)19-7-2)18-14-9-12(3)8-13(4)10-14/h8-10,15-16,18H,6-7,11H2,1-5H3. The fourth-order valence-electron chi connectivity index (χ4n) is 3.23. The van der Waals surface area contributed by atoms with Crippen LogP contribution in [-0.4, -0.2) is 18.8 Å². The van der Waals surface area contributed by atoms with Gasteiger partial charge in [-0.15, -0.1) is 0 Å². The highest BCUT2D eigenvalue weighted by molar-refractivity contribution is 5.50. The number of anilines is 1. The van der Waals surface area contributed by atoms with E-state index in [2.05, 4.69) is 58.1 Å². The van der Waals surface area contributed by atoms with E-state index in [4.69, 9.17) is 4.74 Å². The summed E-state index contributed by atoms with van der Waals surface area (Å²) in [5.74, 6) is 0. The summed E-state index contributed by atoms with van der Waals surface area (Å²) in [5.41, 5.74) is 4.15. The zero-order chi connectivity index (χ0) is 14.0. The average Bonchev–Trinajstić information content (AvgIpc) is 2.35. The van der Waals surface area contributed by atoms with E-state index < -0.39 is 0 Å². The van der Waals surface area contributed by atoms with Crippen LogP contribution in [0, 0.1) is 19.3 Å². The van der Waals surface area contributed by atoms with Crippen molar-refractivity contribution >= 4 is 5.69 Å². The highest BCUT2D eigenvalue weighted by Gasteiger charge is 2.51. The lowest BCUT2D eigenvalue weighted by Gasteiger charge is -2.54. The molecule has 0 heterocycles. The van der Waals surface area contributed by atoms with Crippen molar-refractivity contribution in [3.05, 3.63) is 29.3 Å². The molecule has 1 aromatic rings. The molecule has 0 saturated heterocycles. The van der Waals surface area contributed by atoms with Gasteiger partial charge in [0.25, 0.3) is 0 Å². The Labute approximate surface area is 117 Å². The SMILES string of the molecule is CCOC1CC(Nc2cc(C)cc(C)c2)C1(C)CC. The van der Waals surface area contributed by atoms with Crippen LogP contribution in [0.4, 0.5) is 5.69 Å². The van der Waals surface area contributed by atoms with E-state index in [9.17, 15) is 0 Å². The van der Waals surface area contributed by atoms with Gasteiger partial charge in [0.2, 0.25) is 0 Å². The molecule has 2 heteroatoms. The number of hydrogen-bond donors (Lipinski definition) is 1. The van der Waals surface area contributed by atoms with Crippen molar-refractivity contribution in [2.75, 3.05) is 11.9 Å². The number of ether oxygens (including phenoxy) is 1. The fraction of sp³-hybridized carbons (Fsp3) is 0.647. The molecule has 1 aliphatic carbocycles. The summed E-state index contributed by atoms with van der Waals surface area (Å²) < 4.78 is 5.86. The first kappa shape index (κ1) is 14.4. The Kier molecular flexibility index (Phi) is 4.19. The van der Waals surface area contributed by atoms with Crippen LogP contribution in [0.15, 0.2) is 18.2 Å². The quantitative estimate of drug-likeness (QED) is 0.853. The normalized spacial score (nSPS) is 29.9. The number of benzene rings is 1. The van der Waals surface area contributed by atoms with Crippen LogP contribution in [0.2, 0.25) is 0 Å². The summed E-state index contributed by atoms with van der Waals surface area (Å²) in [5, 5.41) is 3.71. The van der Waals surface area contributed by atoms with Crippen LogP contribution < -0.4 is 5.32 Å². The zero-order valence-electron chi connectivity index (χ0n) is 12.9. The molecule has 0 aliphatic heterocycles. The third-order valence-electron chi connectivity index (χ3n) is 4.67. The minimum atomic E-state index is 0.258. The van der Waals surface area contributed by atoms with E-state index in [0.29, 0.717) is 12.1 Å². The molecule has 0 amide bonds. The molecular weight excluding hydrogens is 234 g/mol. The number of nitrogens with one attached hydrogen (secondary N) is 1. The molecule has 0 aromatic heterocycles. The predicted molar refractivity (Wildman–Crippen MR) is 81.8 cm³/mol. The lowest BCUT2D eigenvalue weighted by atomic mass is 9.61. The Morgan fingerprint density at radius 3 is 2.37 bits per heavy atom. The molecule has 1 aromatic carbocycles. The third-order valence-corrected chi connectivity index (χ3v) is 4.67. The van der Waals surface area contributed by atoms with Crippen molar-refractivity contribution in [3.8, 4) is 0 Å². The molecule has 3 atom stereocenters. The maximum Gasteiger partial charge on any atom is 0.0667 e. The first-order valence-corrected chi connectivity index (χ1v) is 7.46. The second kappa shape index (κ2) is 5.54. The predicted octanol–water partition coefficient (Wildman–Crippen LogP) is 4.31. The molecule has 0 spiro atoms. The monoisotopic (exact) mass is 261 g/mol. The van der Waals surface area contributed by atoms with Gasteiger partial charge in [0, 0.05) is 23.8 Å². The van der Waals surface area contributed by atoms with Crippen LogP contribution in [0.25, 0.3) is 0 Å². The lowest BCUT2D eigenvalue weighted by molar-refractivity contribution is -0.109. The summed E-state index contributed by atoms with van der Waals surface area (Å²) in [7, 11) is 0. The third kappa shape index (κ3) is 2.79. The lowest BCUT2D eigenvalue weighted by Crippen LogP contribution is -2.59. The molecule has 3 unspecified atom stereocenters. The van der Waals surface area contributed by atoms with Gasteiger partial charge in [0.15, 0.2) is 0 Å². The van der Waals surface area contributed by atoms with Crippen LogP contribution in [0.1, 0.15) is 44.7 Å². The zero-order valence-corrected chi connectivity index (χ0v) is 12.9. The molecule has 1 N–H and O–H groups in total. The highest BCUT2D eigenvalue weighted by Crippen LogP contribution is 2.47. The molecule has 19 heavy (non-hydrogen) atoms. The summed E-state index contributed by atoms with van der Waals surface area (Å²) in [6.07, 6.45) is 2.68. The van der Waals surface area contributed by atoms with E-state index in [1.165, 1.54) is 16.8 Å². The van der Waals surface area contributed by atoms with E-state index in [-0.39, 0.29) is 5.41 Å². The number of rotatable bonds is 5. The van der Waals surface area contributed by atoms with Crippen molar-refractivity contribution in [1.29, 1.82) is 0 Å². The van der Waals surface area contributed by atoms with Crippen molar-refractivity contribution in [3.63, 3.8) is 0 Å². The molecule has 0 radical (unpaired) electrons. The highest BCUT2D eigenvalue weighted by atomic mass is 16.5. The largest absolute Gasteiger partial charge is 0.382 e. The van der Waals surface area contributed by atoms with Gasteiger partial charge in [-0.05, 0) is 56.9 Å². The number of aryl methyl sites for hydroxylation is 2. The fourth-order valence-corrected chi connectivity index (χ4v) is 3.23. The minimum absolute atomic E-state index is 0.258. The summed E-state index contributed by atoms with van der Waals surface area (Å²) in [6.45, 7) is 11.8. The summed E-state index contributed by atoms with van der Waals surface area (Å²) in [6, 6.07) is 7.21. The van der Waals surface area contributed by atoms with E-state index in [1.807, 2.05) is 0 Å². The van der Waals surface area contributed by atoms with Gasteiger partial charge in [-0.3, -0.25) is 0 Å². The first-order chi connectivity index (χ1) is 8.99. The molecule has 1 aliphatic rings. The topological polar surface area (TPSA) is 21.3 Å². The van der Waals surface area contributed by atoms with E-state index in [1.54, 1.807) is 0 Å². The second-order valence-corrected chi connectivity index (χ2v) is 6.11. The Hall–Kier alpha value is -1.02. The van der Waals surface area contributed by atoms with Crippen LogP contribution in [0.3, 0.4) is 0 Å². The molecule has 0 bridgehead atoms. The molecular formula is C17H27NO. The molecule has 2 rings (SSSR count). The van der Waals surface area contributed by atoms with Crippen molar-refractivity contribution in [2.45, 2.75) is 59.6 Å². The Morgan fingerprint density at radius 2 is 1.84 bits per heavy atom. The maximum atomic E-state index is 5.86. The summed E-state index contributed by atoms with van der Waals surface area (Å²) >= 11 is 0. The van der Waals surface area contributed by atoms with Crippen molar-refractivity contribution in [1.82, 2.24) is 0 Å². The van der Waals surface area contributed by atoms with Crippen LogP contribution in [-0.2, 0) is 4.74 Å². The van der Waals surface area contributed by atoms with Crippen LogP contribution in [0.5, 0.6) is 0 Å². The van der Waals surface area contributed by atoms with Gasteiger partial charge >= 0.3 is 0 Å². The van der Waals surface area contributed by atoms with Crippen molar-refractivity contribution in [2.24, 2.45) is 5.41 Å². The van der Waals surface area contributed by atoms with Crippen molar-refractivity contribution < 1.29 is 4.74 Å². The van der Waals surface area contributed by atoms with E-state index >= 15 is 0 Å². The van der Waals surface area contributed by atoms with Gasteiger partial charge in [-0.2, -0.15) is 0 Å². The van der Waals surface area contributed by atoms with E-state index in [0.717, 1.165) is 19.4 Å². The summed E-state index contributed by atoms with van der Waals surface area (Å²) in [4.78, 5) is 0. The minimum Gasteiger partial charge on any atom is -0.382 e. The van der Waals surface area contributed by atoms with Crippen LogP contribution >= 0.6 is 0 Å². The average molecular weight is 261 g/mol. The second-order valence-electron chi connectivity index (χ2n) is 6.11. The van der Waals surface area contributed by atoms with Gasteiger partial charge < -0.3 is 10.1 Å². The molecule has 2 nitrogen and oxygen atoms in total. The Balaban J connectivity index is 2.07. The molecule has 1 saturated carbocycles. The van der Waals surface area contributed by atoms with Gasteiger partial charge in [-0.25, -0.2) is 0 Å². The maximum absolute atomic E-state index is 5.86. The smallest absolute Gasteiger partial charge is 0.0667 e. The molecule has 1 fully saturated rings. The Morgan fingerprint density at radius 1 is 1.21 bits per heavy atom. The first-order valence-electron chi connectivity index (χ1n) is 7.46. The Bertz CT molecular complexity index is 423.